The van der Waals surface area contributed by atoms with E-state index in [1.165, 1.54) is 6.92 Å². The maximum Gasteiger partial charge on any atom is 0.248 e. The Kier molecular flexibility index (Phi) is 7.57. The second-order valence-electron chi connectivity index (χ2n) is 9.14. The molecular weight excluding hydrogens is 663 g/mol. The summed E-state index contributed by atoms with van der Waals surface area (Å²) < 4.78 is 2.28. The molecule has 5 rings (SSSR count). The standard InChI is InChI=1S/C27H24BrIN6O3/c1-15(36)20-13-34(21-7-6-17(10-19(20)21)18-11-30-16(2)31-12-18)14-26(37)35-22(8-9-24(35)29)27(38)33-25-5-3-4-23(28)32-25/h3-7,10-13,22,24H,8-9,14H2,1-2H3,(H,32,33,38)/t22-,24-/m0/s1. The zero-order valence-electron chi connectivity index (χ0n) is 20.7. The van der Waals surface area contributed by atoms with Crippen LogP contribution in [0.4, 0.5) is 5.82 Å². The molecule has 1 saturated heterocycles. The van der Waals surface area contributed by atoms with Gasteiger partial charge in [0, 0.05) is 40.6 Å². The maximum atomic E-state index is 13.6. The number of aryl methyl sites for hydroxylation is 1. The van der Waals surface area contributed by atoms with Gasteiger partial charge in [0.25, 0.3) is 0 Å². The third-order valence-corrected chi connectivity index (χ3v) is 8.22. The zero-order chi connectivity index (χ0) is 27.0. The maximum absolute atomic E-state index is 13.6. The minimum Gasteiger partial charge on any atom is -0.337 e. The SMILES string of the molecule is CC(=O)c1cn(CC(=O)N2[C@H](I)CC[C@H]2C(=O)Nc2cccc(Br)n2)c2ccc(-c3cnc(C)nc3)cc12. The first-order valence-corrected chi connectivity index (χ1v) is 14.1. The molecule has 0 aliphatic carbocycles. The van der Waals surface area contributed by atoms with Crippen LogP contribution in [0.1, 0.15) is 35.9 Å². The lowest BCUT2D eigenvalue weighted by Crippen LogP contribution is -2.46. The van der Waals surface area contributed by atoms with Crippen LogP contribution < -0.4 is 5.32 Å². The summed E-state index contributed by atoms with van der Waals surface area (Å²) in [6.45, 7) is 3.35. The van der Waals surface area contributed by atoms with Crippen molar-refractivity contribution >= 4 is 72.8 Å². The van der Waals surface area contributed by atoms with Gasteiger partial charge in [-0.15, -0.1) is 0 Å². The average molecular weight is 687 g/mol. The first-order valence-electron chi connectivity index (χ1n) is 12.0. The van der Waals surface area contributed by atoms with E-state index in [1.54, 1.807) is 46.3 Å². The van der Waals surface area contributed by atoms with Crippen molar-refractivity contribution in [3.8, 4) is 11.1 Å². The number of halogens is 2. The highest BCUT2D eigenvalue weighted by atomic mass is 127. The van der Waals surface area contributed by atoms with E-state index in [-0.39, 0.29) is 28.2 Å². The molecule has 0 unspecified atom stereocenters. The van der Waals surface area contributed by atoms with Gasteiger partial charge in [-0.05, 0) is 72.4 Å². The van der Waals surface area contributed by atoms with Crippen LogP contribution in [0.15, 0.2) is 59.6 Å². The van der Waals surface area contributed by atoms with Crippen molar-refractivity contribution in [3.05, 3.63) is 71.0 Å². The molecule has 1 N–H and O–H groups in total. The lowest BCUT2D eigenvalue weighted by atomic mass is 10.0. The Labute approximate surface area is 241 Å². The summed E-state index contributed by atoms with van der Waals surface area (Å²) in [4.78, 5) is 53.6. The van der Waals surface area contributed by atoms with Crippen molar-refractivity contribution in [3.63, 3.8) is 0 Å². The highest BCUT2D eigenvalue weighted by Crippen LogP contribution is 2.32. The molecule has 2 amide bonds. The third-order valence-electron chi connectivity index (χ3n) is 6.55. The van der Waals surface area contributed by atoms with Crippen LogP contribution in [0.25, 0.3) is 22.0 Å². The summed E-state index contributed by atoms with van der Waals surface area (Å²) in [6, 6.07) is 10.4. The van der Waals surface area contributed by atoms with Crippen LogP contribution in [-0.2, 0) is 16.1 Å². The summed E-state index contributed by atoms with van der Waals surface area (Å²) in [5.74, 6) is 0.553. The fraction of sp³-hybridized carbons (Fsp3) is 0.259. The van der Waals surface area contributed by atoms with Crippen LogP contribution in [0.3, 0.4) is 0 Å². The molecule has 0 spiro atoms. The Morgan fingerprint density at radius 2 is 1.87 bits per heavy atom. The van der Waals surface area contributed by atoms with Gasteiger partial charge in [0.15, 0.2) is 5.78 Å². The van der Waals surface area contributed by atoms with Gasteiger partial charge in [0.05, 0.1) is 4.05 Å². The fourth-order valence-corrected chi connectivity index (χ4v) is 6.10. The van der Waals surface area contributed by atoms with E-state index in [0.717, 1.165) is 22.0 Å². The largest absolute Gasteiger partial charge is 0.337 e. The number of alkyl halides is 1. The first-order chi connectivity index (χ1) is 18.2. The van der Waals surface area contributed by atoms with Gasteiger partial charge in [-0.1, -0.05) is 34.7 Å². The Bertz CT molecular complexity index is 1550. The quantitative estimate of drug-likeness (QED) is 0.0987. The monoisotopic (exact) mass is 686 g/mol. The molecule has 1 fully saturated rings. The fourth-order valence-electron chi connectivity index (χ4n) is 4.70. The molecule has 1 aliphatic heterocycles. The molecule has 2 atom stereocenters. The van der Waals surface area contributed by atoms with Gasteiger partial charge in [-0.2, -0.15) is 0 Å². The van der Waals surface area contributed by atoms with Gasteiger partial charge in [0.1, 0.15) is 28.8 Å². The van der Waals surface area contributed by atoms with Crippen molar-refractivity contribution < 1.29 is 14.4 Å². The minimum absolute atomic E-state index is 0.00911. The number of anilines is 1. The molecular formula is C27H24BrIN6O3. The molecule has 1 aromatic carbocycles. The van der Waals surface area contributed by atoms with Gasteiger partial charge in [-0.3, -0.25) is 14.4 Å². The topological polar surface area (TPSA) is 110 Å². The number of nitrogens with zero attached hydrogens (tertiary/aromatic N) is 5. The van der Waals surface area contributed by atoms with Crippen molar-refractivity contribution in [2.45, 2.75) is 43.3 Å². The summed E-state index contributed by atoms with van der Waals surface area (Å²) in [5, 5.41) is 3.58. The third kappa shape index (κ3) is 5.35. The number of nitrogens with one attached hydrogen (secondary N) is 1. The second-order valence-corrected chi connectivity index (χ2v) is 11.4. The van der Waals surface area contributed by atoms with E-state index in [4.69, 9.17) is 0 Å². The van der Waals surface area contributed by atoms with E-state index in [9.17, 15) is 14.4 Å². The number of hydrogen-bond acceptors (Lipinski definition) is 6. The number of fused-ring (bicyclic) bond motifs is 1. The Morgan fingerprint density at radius 1 is 1.11 bits per heavy atom. The second kappa shape index (κ2) is 10.9. The molecule has 1 aliphatic rings. The number of Topliss-reactive ketones (excluding diaryl/α,β-unsaturated/α-hetero) is 1. The molecule has 4 aromatic rings. The molecule has 4 heterocycles. The number of carbonyl (C=O) groups is 3. The molecule has 3 aromatic heterocycles. The molecule has 11 heteroatoms. The highest BCUT2D eigenvalue weighted by molar-refractivity contribution is 14.1. The van der Waals surface area contributed by atoms with Crippen LogP contribution in [-0.4, -0.2) is 52.1 Å². The summed E-state index contributed by atoms with van der Waals surface area (Å²) >= 11 is 5.52. The van der Waals surface area contributed by atoms with Crippen molar-refractivity contribution in [1.82, 2.24) is 24.4 Å². The van der Waals surface area contributed by atoms with Gasteiger partial charge in [-0.25, -0.2) is 15.0 Å². The number of hydrogen-bond donors (Lipinski definition) is 1. The normalized spacial score (nSPS) is 17.1. The molecule has 9 nitrogen and oxygen atoms in total. The predicted molar refractivity (Wildman–Crippen MR) is 156 cm³/mol. The smallest absolute Gasteiger partial charge is 0.248 e. The summed E-state index contributed by atoms with van der Waals surface area (Å²) in [6.07, 6.45) is 6.50. The Hall–Kier alpha value is -3.19. The summed E-state index contributed by atoms with van der Waals surface area (Å²) in [7, 11) is 0. The minimum atomic E-state index is -0.604. The lowest BCUT2D eigenvalue weighted by molar-refractivity contribution is -0.137. The molecule has 0 bridgehead atoms. The van der Waals surface area contributed by atoms with Crippen LogP contribution >= 0.6 is 38.5 Å². The number of ketones is 1. The van der Waals surface area contributed by atoms with E-state index in [0.29, 0.717) is 34.7 Å². The van der Waals surface area contributed by atoms with Gasteiger partial charge >= 0.3 is 0 Å². The lowest BCUT2D eigenvalue weighted by Gasteiger charge is -2.27. The molecule has 194 valence electrons. The van der Waals surface area contributed by atoms with Crippen LogP contribution in [0.2, 0.25) is 0 Å². The highest BCUT2D eigenvalue weighted by Gasteiger charge is 2.40. The van der Waals surface area contributed by atoms with E-state index in [2.05, 4.69) is 58.8 Å². The van der Waals surface area contributed by atoms with Crippen molar-refractivity contribution in [1.29, 1.82) is 0 Å². The number of benzene rings is 1. The van der Waals surface area contributed by atoms with E-state index in [1.807, 2.05) is 25.1 Å². The number of amides is 2. The molecule has 0 radical (unpaired) electrons. The number of likely N-dealkylation sites (tertiary alicyclic amines) is 1. The first kappa shape index (κ1) is 26.4. The molecule has 0 saturated carbocycles. The number of carbonyl (C=O) groups excluding carboxylic acids is 3. The molecule has 38 heavy (non-hydrogen) atoms. The Morgan fingerprint density at radius 3 is 2.58 bits per heavy atom. The van der Waals surface area contributed by atoms with Gasteiger partial charge < -0.3 is 14.8 Å². The van der Waals surface area contributed by atoms with Crippen LogP contribution in [0.5, 0.6) is 0 Å². The number of rotatable bonds is 6. The average Bonchev–Trinajstić information content (AvgIpc) is 3.45. The zero-order valence-corrected chi connectivity index (χ0v) is 24.4. The van der Waals surface area contributed by atoms with E-state index < -0.39 is 6.04 Å². The predicted octanol–water partition coefficient (Wildman–Crippen LogP) is 5.16. The summed E-state index contributed by atoms with van der Waals surface area (Å²) in [5.41, 5.74) is 3.03. The number of aromatic nitrogens is 4. The Balaban J connectivity index is 1.41. The van der Waals surface area contributed by atoms with Crippen molar-refractivity contribution in [2.24, 2.45) is 0 Å². The van der Waals surface area contributed by atoms with Gasteiger partial charge in [0.2, 0.25) is 11.8 Å². The van der Waals surface area contributed by atoms with Crippen LogP contribution in [0, 0.1) is 6.92 Å². The van der Waals surface area contributed by atoms with Crippen molar-refractivity contribution in [2.75, 3.05) is 5.32 Å². The van der Waals surface area contributed by atoms with E-state index >= 15 is 0 Å². The number of pyridine rings is 1.